The number of carbonyl (C=O) groups excluding carboxylic acids is 1. The minimum Gasteiger partial charge on any atom is -0.481 e. The third-order valence-corrected chi connectivity index (χ3v) is 5.03. The van der Waals surface area contributed by atoms with E-state index in [4.69, 9.17) is 0 Å². The Morgan fingerprint density at radius 3 is 2.46 bits per heavy atom. The molecule has 0 saturated heterocycles. The van der Waals surface area contributed by atoms with E-state index in [-0.39, 0.29) is 24.3 Å². The summed E-state index contributed by atoms with van der Waals surface area (Å²) in [4.78, 5) is 37.2. The van der Waals surface area contributed by atoms with Crippen molar-refractivity contribution in [1.29, 1.82) is 0 Å². The van der Waals surface area contributed by atoms with E-state index in [1.54, 1.807) is 36.4 Å². The smallest absolute Gasteiger partial charge is 0.312 e. The Hall–Kier alpha value is -3.22. The Kier molecular flexibility index (Phi) is 4.93. The number of aliphatic carboxylic acids is 1. The first-order valence-electron chi connectivity index (χ1n) is 8.98. The normalized spacial score (nSPS) is 16.4. The zero-order chi connectivity index (χ0) is 20.6. The highest BCUT2D eigenvalue weighted by molar-refractivity contribution is 5.96. The van der Waals surface area contributed by atoms with Gasteiger partial charge in [-0.25, -0.2) is 0 Å². The average Bonchev–Trinajstić information content (AvgIpc) is 2.65. The summed E-state index contributed by atoms with van der Waals surface area (Å²) in [6, 6.07) is 11.6. The third kappa shape index (κ3) is 3.60. The Bertz CT molecular complexity index is 962. The van der Waals surface area contributed by atoms with Crippen LogP contribution in [0.15, 0.2) is 42.5 Å². The number of hydrogen-bond acceptors (Lipinski definition) is 4. The van der Waals surface area contributed by atoms with Gasteiger partial charge in [-0.15, -0.1) is 0 Å². The van der Waals surface area contributed by atoms with Gasteiger partial charge < -0.3 is 10.0 Å². The molecule has 3 rings (SSSR count). The number of amides is 1. The molecular formula is C21H22N2O5. The number of carboxylic acid groups (broad SMARTS) is 1. The number of fused-ring (bicyclic) bond motifs is 1. The molecule has 0 spiro atoms. The van der Waals surface area contributed by atoms with Crippen LogP contribution in [0.1, 0.15) is 53.7 Å². The largest absolute Gasteiger partial charge is 0.481 e. The van der Waals surface area contributed by atoms with Crippen LogP contribution in [0.25, 0.3) is 0 Å². The second-order valence-electron chi connectivity index (χ2n) is 8.01. The summed E-state index contributed by atoms with van der Waals surface area (Å²) in [5, 5.41) is 21.1. The maximum Gasteiger partial charge on any atom is 0.312 e. The van der Waals surface area contributed by atoms with Gasteiger partial charge in [0.25, 0.3) is 11.6 Å². The number of benzene rings is 2. The van der Waals surface area contributed by atoms with Crippen LogP contribution < -0.4 is 0 Å². The molecule has 0 aliphatic carbocycles. The molecule has 2 aromatic carbocycles. The molecule has 28 heavy (non-hydrogen) atoms. The molecule has 1 aliphatic heterocycles. The Morgan fingerprint density at radius 1 is 1.18 bits per heavy atom. The SMILES string of the molecule is CC(C)(C)c1ccc(C(=O)N2Cc3ccccc3C(C(=O)O)C2)cc1[N+](=O)[O-]. The lowest BCUT2D eigenvalue weighted by Crippen LogP contribution is -2.40. The molecule has 1 atom stereocenters. The zero-order valence-corrected chi connectivity index (χ0v) is 16.0. The van der Waals surface area contributed by atoms with Crippen molar-refractivity contribution in [3.05, 3.63) is 74.8 Å². The van der Waals surface area contributed by atoms with Gasteiger partial charge in [0.05, 0.1) is 10.8 Å². The quantitative estimate of drug-likeness (QED) is 0.644. The summed E-state index contributed by atoms with van der Waals surface area (Å²) in [7, 11) is 0. The van der Waals surface area contributed by atoms with Crippen LogP contribution in [-0.2, 0) is 16.8 Å². The minimum atomic E-state index is -1.00. The number of nitrogens with zero attached hydrogens (tertiary/aromatic N) is 2. The van der Waals surface area contributed by atoms with Crippen molar-refractivity contribution in [3.63, 3.8) is 0 Å². The van der Waals surface area contributed by atoms with Crippen molar-refractivity contribution in [1.82, 2.24) is 4.90 Å². The Morgan fingerprint density at radius 2 is 1.86 bits per heavy atom. The lowest BCUT2D eigenvalue weighted by atomic mass is 9.85. The molecule has 7 nitrogen and oxygen atoms in total. The molecule has 1 amide bonds. The predicted molar refractivity (Wildman–Crippen MR) is 103 cm³/mol. The van der Waals surface area contributed by atoms with Gasteiger partial charge in [0.1, 0.15) is 0 Å². The summed E-state index contributed by atoms with van der Waals surface area (Å²) >= 11 is 0. The van der Waals surface area contributed by atoms with Crippen LogP contribution in [0.2, 0.25) is 0 Å². The number of nitro groups is 1. The maximum absolute atomic E-state index is 13.0. The van der Waals surface area contributed by atoms with Crippen molar-refractivity contribution in [2.24, 2.45) is 0 Å². The van der Waals surface area contributed by atoms with Gasteiger partial charge in [-0.3, -0.25) is 19.7 Å². The van der Waals surface area contributed by atoms with E-state index in [1.807, 2.05) is 20.8 Å². The van der Waals surface area contributed by atoms with Crippen molar-refractivity contribution in [3.8, 4) is 0 Å². The van der Waals surface area contributed by atoms with Crippen LogP contribution in [0.4, 0.5) is 5.69 Å². The third-order valence-electron chi connectivity index (χ3n) is 5.03. The van der Waals surface area contributed by atoms with Crippen molar-refractivity contribution in [2.75, 3.05) is 6.54 Å². The summed E-state index contributed by atoms with van der Waals surface area (Å²) in [6.45, 7) is 5.91. The molecule has 1 N–H and O–H groups in total. The fraction of sp³-hybridized carbons (Fsp3) is 0.333. The van der Waals surface area contributed by atoms with E-state index in [1.165, 1.54) is 11.0 Å². The van der Waals surface area contributed by atoms with Crippen LogP contribution in [-0.4, -0.2) is 33.4 Å². The molecule has 0 fully saturated rings. The van der Waals surface area contributed by atoms with E-state index in [9.17, 15) is 24.8 Å². The maximum atomic E-state index is 13.0. The molecule has 0 bridgehead atoms. The highest BCUT2D eigenvalue weighted by atomic mass is 16.6. The summed E-state index contributed by atoms with van der Waals surface area (Å²) < 4.78 is 0. The van der Waals surface area contributed by atoms with E-state index < -0.39 is 28.1 Å². The number of rotatable bonds is 3. The van der Waals surface area contributed by atoms with Crippen LogP contribution in [0.3, 0.4) is 0 Å². The lowest BCUT2D eigenvalue weighted by molar-refractivity contribution is -0.386. The molecule has 0 radical (unpaired) electrons. The molecule has 0 saturated carbocycles. The second-order valence-corrected chi connectivity index (χ2v) is 8.01. The standard InChI is InChI=1S/C21H22N2O5/c1-21(2,3)17-9-8-13(10-18(17)23(27)28)19(24)22-11-14-6-4-5-7-15(14)16(12-22)20(25)26/h4-10,16H,11-12H2,1-3H3,(H,25,26). The Labute approximate surface area is 162 Å². The van der Waals surface area contributed by atoms with Crippen LogP contribution >= 0.6 is 0 Å². The first-order valence-corrected chi connectivity index (χ1v) is 8.98. The number of nitro benzene ring substituents is 1. The van der Waals surface area contributed by atoms with E-state index in [0.29, 0.717) is 11.1 Å². The average molecular weight is 382 g/mol. The van der Waals surface area contributed by atoms with E-state index in [0.717, 1.165) is 5.56 Å². The topological polar surface area (TPSA) is 101 Å². The molecule has 0 aromatic heterocycles. The molecule has 1 unspecified atom stereocenters. The number of hydrogen-bond donors (Lipinski definition) is 1. The highest BCUT2D eigenvalue weighted by Gasteiger charge is 2.34. The van der Waals surface area contributed by atoms with Gasteiger partial charge in [0.15, 0.2) is 0 Å². The second kappa shape index (κ2) is 7.07. The molecule has 146 valence electrons. The fourth-order valence-corrected chi connectivity index (χ4v) is 3.61. The molecule has 1 aliphatic rings. The first-order chi connectivity index (χ1) is 13.1. The van der Waals surface area contributed by atoms with Gasteiger partial charge >= 0.3 is 5.97 Å². The summed E-state index contributed by atoms with van der Waals surface area (Å²) in [6.07, 6.45) is 0. The van der Waals surface area contributed by atoms with Gasteiger partial charge in [-0.2, -0.15) is 0 Å². The van der Waals surface area contributed by atoms with Gasteiger partial charge in [0.2, 0.25) is 0 Å². The highest BCUT2D eigenvalue weighted by Crippen LogP contribution is 2.33. The van der Waals surface area contributed by atoms with E-state index in [2.05, 4.69) is 0 Å². The van der Waals surface area contributed by atoms with Gasteiger partial charge in [-0.05, 0) is 22.6 Å². The zero-order valence-electron chi connectivity index (χ0n) is 16.0. The van der Waals surface area contributed by atoms with Crippen molar-refractivity contribution < 1.29 is 19.6 Å². The number of carbonyl (C=O) groups is 2. The molecular weight excluding hydrogens is 360 g/mol. The number of carboxylic acids is 1. The molecule has 7 heteroatoms. The van der Waals surface area contributed by atoms with Crippen molar-refractivity contribution in [2.45, 2.75) is 38.6 Å². The summed E-state index contributed by atoms with van der Waals surface area (Å²) in [5.74, 6) is -2.24. The summed E-state index contributed by atoms with van der Waals surface area (Å²) in [5.41, 5.74) is 1.65. The first kappa shape index (κ1) is 19.5. The minimum absolute atomic E-state index is 0.0278. The lowest BCUT2D eigenvalue weighted by Gasteiger charge is -2.33. The van der Waals surface area contributed by atoms with Crippen LogP contribution in [0, 0.1) is 10.1 Å². The van der Waals surface area contributed by atoms with Crippen molar-refractivity contribution >= 4 is 17.6 Å². The monoisotopic (exact) mass is 382 g/mol. The predicted octanol–water partition coefficient (Wildman–Crippen LogP) is 3.72. The molecule has 2 aromatic rings. The van der Waals surface area contributed by atoms with Crippen LogP contribution in [0.5, 0.6) is 0 Å². The van der Waals surface area contributed by atoms with Gasteiger partial charge in [-0.1, -0.05) is 51.1 Å². The van der Waals surface area contributed by atoms with Gasteiger partial charge in [0, 0.05) is 30.3 Å². The van der Waals surface area contributed by atoms with E-state index >= 15 is 0 Å². The Balaban J connectivity index is 1.98. The molecule has 1 heterocycles. The fourth-order valence-electron chi connectivity index (χ4n) is 3.61.